The maximum absolute atomic E-state index is 12.3. The summed E-state index contributed by atoms with van der Waals surface area (Å²) >= 11 is 5.82. The highest BCUT2D eigenvalue weighted by molar-refractivity contribution is 6.30. The molecule has 2 rings (SSSR count). The van der Waals surface area contributed by atoms with Crippen molar-refractivity contribution in [1.29, 1.82) is 0 Å². The normalized spacial score (nSPS) is 18.9. The van der Waals surface area contributed by atoms with Crippen LogP contribution >= 0.6 is 11.6 Å². The van der Waals surface area contributed by atoms with E-state index in [4.69, 9.17) is 16.3 Å². The lowest BCUT2D eigenvalue weighted by atomic mass is 10.1. The summed E-state index contributed by atoms with van der Waals surface area (Å²) in [6.45, 7) is 2.00. The lowest BCUT2D eigenvalue weighted by molar-refractivity contribution is -0.132. The monoisotopic (exact) mass is 310 g/mol. The topological polar surface area (TPSA) is 41.6 Å². The predicted octanol–water partition coefficient (Wildman–Crippen LogP) is 2.71. The van der Waals surface area contributed by atoms with Gasteiger partial charge >= 0.3 is 0 Å². The SMILES string of the molecule is CN(CCOc1ccc(Cl)cc1)C(=O)C1CCCCCN1. The third-order valence-electron chi connectivity index (χ3n) is 3.74. The van der Waals surface area contributed by atoms with Crippen molar-refractivity contribution in [2.75, 3.05) is 26.7 Å². The van der Waals surface area contributed by atoms with Gasteiger partial charge in [-0.15, -0.1) is 0 Å². The Bertz CT molecular complexity index is 442. The van der Waals surface area contributed by atoms with Crippen LogP contribution in [0.25, 0.3) is 0 Å². The Labute approximate surface area is 131 Å². The second-order valence-corrected chi connectivity index (χ2v) is 5.85. The molecule has 1 aromatic rings. The molecular weight excluding hydrogens is 288 g/mol. The Kier molecular flexibility index (Phi) is 6.33. The van der Waals surface area contributed by atoms with E-state index in [1.165, 1.54) is 6.42 Å². The van der Waals surface area contributed by atoms with Gasteiger partial charge in [-0.3, -0.25) is 4.79 Å². The minimum Gasteiger partial charge on any atom is -0.492 e. The molecule has 0 aliphatic carbocycles. The van der Waals surface area contributed by atoms with Gasteiger partial charge in [0, 0.05) is 12.1 Å². The van der Waals surface area contributed by atoms with Crippen LogP contribution < -0.4 is 10.1 Å². The largest absolute Gasteiger partial charge is 0.492 e. The molecule has 0 bridgehead atoms. The average Bonchev–Trinajstić information content (AvgIpc) is 2.77. The number of amides is 1. The first kappa shape index (κ1) is 16.1. The zero-order valence-corrected chi connectivity index (χ0v) is 13.2. The van der Waals surface area contributed by atoms with E-state index in [-0.39, 0.29) is 11.9 Å². The van der Waals surface area contributed by atoms with Gasteiger partial charge in [-0.2, -0.15) is 0 Å². The van der Waals surface area contributed by atoms with Gasteiger partial charge in [0.2, 0.25) is 5.91 Å². The third-order valence-corrected chi connectivity index (χ3v) is 4.00. The van der Waals surface area contributed by atoms with Crippen molar-refractivity contribution in [2.24, 2.45) is 0 Å². The number of nitrogens with one attached hydrogen (secondary N) is 1. The van der Waals surface area contributed by atoms with Crippen LogP contribution in [0.3, 0.4) is 0 Å². The van der Waals surface area contributed by atoms with E-state index in [2.05, 4.69) is 5.32 Å². The van der Waals surface area contributed by atoms with Crippen molar-refractivity contribution in [3.63, 3.8) is 0 Å². The highest BCUT2D eigenvalue weighted by atomic mass is 35.5. The van der Waals surface area contributed by atoms with Crippen LogP contribution in [-0.2, 0) is 4.79 Å². The van der Waals surface area contributed by atoms with Gasteiger partial charge in [0.15, 0.2) is 0 Å². The van der Waals surface area contributed by atoms with Crippen LogP contribution in [-0.4, -0.2) is 43.6 Å². The minimum absolute atomic E-state index is 0.0342. The minimum atomic E-state index is -0.0342. The maximum atomic E-state index is 12.3. The average molecular weight is 311 g/mol. The number of carbonyl (C=O) groups excluding carboxylic acids is 1. The molecule has 4 nitrogen and oxygen atoms in total. The van der Waals surface area contributed by atoms with Crippen LogP contribution in [0.1, 0.15) is 25.7 Å². The summed E-state index contributed by atoms with van der Waals surface area (Å²) in [5, 5.41) is 4.02. The molecule has 1 unspecified atom stereocenters. The maximum Gasteiger partial charge on any atom is 0.239 e. The highest BCUT2D eigenvalue weighted by Gasteiger charge is 2.22. The van der Waals surface area contributed by atoms with Crippen molar-refractivity contribution in [3.8, 4) is 5.75 Å². The molecule has 1 fully saturated rings. The van der Waals surface area contributed by atoms with E-state index >= 15 is 0 Å². The molecule has 0 radical (unpaired) electrons. The van der Waals surface area contributed by atoms with E-state index in [9.17, 15) is 4.79 Å². The summed E-state index contributed by atoms with van der Waals surface area (Å²) < 4.78 is 5.62. The van der Waals surface area contributed by atoms with Crippen LogP contribution in [0.15, 0.2) is 24.3 Å². The molecule has 0 saturated carbocycles. The van der Waals surface area contributed by atoms with E-state index in [0.717, 1.165) is 31.6 Å². The Morgan fingerprint density at radius 2 is 2.10 bits per heavy atom. The summed E-state index contributed by atoms with van der Waals surface area (Å²) in [5.41, 5.74) is 0. The van der Waals surface area contributed by atoms with E-state index < -0.39 is 0 Å². The molecular formula is C16H23ClN2O2. The van der Waals surface area contributed by atoms with Gasteiger partial charge < -0.3 is 15.0 Å². The molecule has 0 aromatic heterocycles. The van der Waals surface area contributed by atoms with Gasteiger partial charge in [-0.1, -0.05) is 24.4 Å². The van der Waals surface area contributed by atoms with Crippen molar-refractivity contribution >= 4 is 17.5 Å². The van der Waals surface area contributed by atoms with Crippen molar-refractivity contribution in [3.05, 3.63) is 29.3 Å². The van der Waals surface area contributed by atoms with E-state index in [1.54, 1.807) is 17.0 Å². The third kappa shape index (κ3) is 5.21. The van der Waals surface area contributed by atoms with Gasteiger partial charge in [-0.05, 0) is 43.7 Å². The number of ether oxygens (including phenoxy) is 1. The molecule has 1 atom stereocenters. The summed E-state index contributed by atoms with van der Waals surface area (Å²) in [7, 11) is 1.83. The second-order valence-electron chi connectivity index (χ2n) is 5.42. The molecule has 1 amide bonds. The Morgan fingerprint density at radius 3 is 2.86 bits per heavy atom. The van der Waals surface area contributed by atoms with Crippen LogP contribution in [0.5, 0.6) is 5.75 Å². The fourth-order valence-electron chi connectivity index (χ4n) is 2.45. The second kappa shape index (κ2) is 8.25. The number of likely N-dealkylation sites (N-methyl/N-ethyl adjacent to an activating group) is 1. The zero-order valence-electron chi connectivity index (χ0n) is 12.5. The first-order chi connectivity index (χ1) is 10.2. The van der Waals surface area contributed by atoms with Gasteiger partial charge in [-0.25, -0.2) is 0 Å². The number of carbonyl (C=O) groups is 1. The lowest BCUT2D eigenvalue weighted by Crippen LogP contribution is -2.45. The van der Waals surface area contributed by atoms with Gasteiger partial charge in [0.25, 0.3) is 0 Å². The fourth-order valence-corrected chi connectivity index (χ4v) is 2.57. The molecule has 1 heterocycles. The number of hydrogen-bond donors (Lipinski definition) is 1. The molecule has 116 valence electrons. The van der Waals surface area contributed by atoms with Crippen molar-refractivity contribution in [2.45, 2.75) is 31.7 Å². The smallest absolute Gasteiger partial charge is 0.239 e. The first-order valence-electron chi connectivity index (χ1n) is 7.53. The van der Waals surface area contributed by atoms with Gasteiger partial charge in [0.05, 0.1) is 12.6 Å². The number of rotatable bonds is 5. The summed E-state index contributed by atoms with van der Waals surface area (Å²) in [6, 6.07) is 7.21. The quantitative estimate of drug-likeness (QED) is 0.909. The predicted molar refractivity (Wildman–Crippen MR) is 84.8 cm³/mol. The molecule has 21 heavy (non-hydrogen) atoms. The van der Waals surface area contributed by atoms with E-state index in [1.807, 2.05) is 19.2 Å². The Balaban J connectivity index is 1.74. The zero-order chi connectivity index (χ0) is 15.1. The summed E-state index contributed by atoms with van der Waals surface area (Å²) in [4.78, 5) is 14.1. The molecule has 1 saturated heterocycles. The first-order valence-corrected chi connectivity index (χ1v) is 7.91. The van der Waals surface area contributed by atoms with Crippen molar-refractivity contribution in [1.82, 2.24) is 10.2 Å². The number of hydrogen-bond acceptors (Lipinski definition) is 3. The molecule has 1 aliphatic rings. The molecule has 0 spiro atoms. The lowest BCUT2D eigenvalue weighted by Gasteiger charge is -2.23. The molecule has 1 aliphatic heterocycles. The molecule has 1 N–H and O–H groups in total. The Morgan fingerprint density at radius 1 is 1.33 bits per heavy atom. The van der Waals surface area contributed by atoms with Crippen molar-refractivity contribution < 1.29 is 9.53 Å². The van der Waals surface area contributed by atoms with Crippen LogP contribution in [0.2, 0.25) is 5.02 Å². The fraction of sp³-hybridized carbons (Fsp3) is 0.562. The van der Waals surface area contributed by atoms with Crippen LogP contribution in [0.4, 0.5) is 0 Å². The number of benzene rings is 1. The summed E-state index contributed by atoms with van der Waals surface area (Å²) in [6.07, 6.45) is 4.42. The highest BCUT2D eigenvalue weighted by Crippen LogP contribution is 2.15. The Hall–Kier alpha value is -1.26. The summed E-state index contributed by atoms with van der Waals surface area (Å²) in [5.74, 6) is 0.935. The number of halogens is 1. The van der Waals surface area contributed by atoms with Crippen LogP contribution in [0, 0.1) is 0 Å². The standard InChI is InChI=1S/C16H23ClN2O2/c1-19(16(20)15-5-3-2-4-10-18-15)11-12-21-14-8-6-13(17)7-9-14/h6-9,15,18H,2-5,10-12H2,1H3. The number of nitrogens with zero attached hydrogens (tertiary/aromatic N) is 1. The van der Waals surface area contributed by atoms with E-state index in [0.29, 0.717) is 18.2 Å². The van der Waals surface area contributed by atoms with Gasteiger partial charge in [0.1, 0.15) is 12.4 Å². The molecule has 5 heteroatoms. The molecule has 1 aromatic carbocycles.